The maximum absolute atomic E-state index is 12.9. The average Bonchev–Trinajstić information content (AvgIpc) is 2.92. The monoisotopic (exact) mass is 510 g/mol. The van der Waals surface area contributed by atoms with Crippen LogP contribution in [0.4, 0.5) is 0 Å². The number of hydrogen-bond acceptors (Lipinski definition) is 8. The molecule has 2 atom stereocenters. The minimum absolute atomic E-state index is 0.163. The van der Waals surface area contributed by atoms with Crippen LogP contribution in [0.15, 0.2) is 42.5 Å². The van der Waals surface area contributed by atoms with Gasteiger partial charge in [-0.25, -0.2) is 5.01 Å². The van der Waals surface area contributed by atoms with E-state index < -0.39 is 0 Å². The van der Waals surface area contributed by atoms with Crippen molar-refractivity contribution in [2.24, 2.45) is 11.8 Å². The van der Waals surface area contributed by atoms with Crippen LogP contribution >= 0.6 is 0 Å². The Labute approximate surface area is 221 Å². The number of methoxy groups -OCH3 is 3. The molecule has 2 N–H and O–H groups in total. The highest BCUT2D eigenvalue weighted by Gasteiger charge is 2.37. The fourth-order valence-corrected chi connectivity index (χ4v) is 5.89. The molecule has 0 bridgehead atoms. The molecule has 0 aromatic heterocycles. The van der Waals surface area contributed by atoms with Crippen LogP contribution in [0.5, 0.6) is 17.2 Å². The van der Waals surface area contributed by atoms with E-state index in [1.54, 1.807) is 28.3 Å². The van der Waals surface area contributed by atoms with E-state index in [9.17, 15) is 4.79 Å². The third-order valence-electron chi connectivity index (χ3n) is 7.98. The molecular weight excluding hydrogens is 468 g/mol. The molecule has 2 saturated heterocycles. The summed E-state index contributed by atoms with van der Waals surface area (Å²) in [5.74, 6) is 8.98. The molecule has 0 aliphatic carbocycles. The lowest BCUT2D eigenvalue weighted by atomic mass is 9.86. The van der Waals surface area contributed by atoms with Gasteiger partial charge in [0.1, 0.15) is 5.78 Å². The van der Waals surface area contributed by atoms with Crippen LogP contribution in [0.2, 0.25) is 0 Å². The number of rotatable bonds is 10. The van der Waals surface area contributed by atoms with E-state index in [1.807, 2.05) is 17.1 Å². The summed E-state index contributed by atoms with van der Waals surface area (Å²) in [7, 11) is 4.82. The van der Waals surface area contributed by atoms with Gasteiger partial charge >= 0.3 is 0 Å². The highest BCUT2D eigenvalue weighted by molar-refractivity contribution is 5.82. The second-order valence-electron chi connectivity index (χ2n) is 10.3. The normalized spacial score (nSPS) is 20.9. The van der Waals surface area contributed by atoms with E-state index in [4.69, 9.17) is 20.1 Å². The molecule has 202 valence electrons. The number of likely N-dealkylation sites (tertiary alicyclic amines) is 1. The molecule has 2 aromatic carbocycles. The van der Waals surface area contributed by atoms with Gasteiger partial charge in [-0.2, -0.15) is 0 Å². The van der Waals surface area contributed by atoms with Crippen molar-refractivity contribution in [3.8, 4) is 17.2 Å². The molecule has 2 fully saturated rings. The zero-order chi connectivity index (χ0) is 26.4. The molecule has 37 heavy (non-hydrogen) atoms. The molecule has 2 aliphatic rings. The van der Waals surface area contributed by atoms with E-state index in [1.165, 1.54) is 5.56 Å². The number of nitrogens with two attached hydrogens (primary N) is 1. The number of nitrogens with zero attached hydrogens (tertiary/aromatic N) is 3. The Morgan fingerprint density at radius 1 is 0.946 bits per heavy atom. The lowest BCUT2D eigenvalue weighted by Crippen LogP contribution is -2.62. The molecule has 0 radical (unpaired) electrons. The topological polar surface area (TPSA) is 80.5 Å². The van der Waals surface area contributed by atoms with Crippen molar-refractivity contribution in [2.45, 2.75) is 44.8 Å². The summed E-state index contributed by atoms with van der Waals surface area (Å²) < 4.78 is 16.5. The van der Waals surface area contributed by atoms with Crippen molar-refractivity contribution in [1.82, 2.24) is 14.8 Å². The SMILES string of the molecule is COc1cc(CC(C(C)=O)N2CCN(N)C(C3CCN(Cc4ccccc4)CC3)C2)cc(OC)c1OC. The molecule has 2 heterocycles. The quantitative estimate of drug-likeness (QED) is 0.489. The first-order valence-corrected chi connectivity index (χ1v) is 13.2. The molecule has 2 unspecified atom stereocenters. The molecule has 4 rings (SSSR count). The Hall–Kier alpha value is -2.65. The van der Waals surface area contributed by atoms with Crippen molar-refractivity contribution >= 4 is 5.78 Å². The molecule has 2 aliphatic heterocycles. The molecule has 8 heteroatoms. The number of piperidine rings is 1. The molecular formula is C29H42N4O4. The summed E-state index contributed by atoms with van der Waals surface area (Å²) in [5.41, 5.74) is 2.34. The Morgan fingerprint density at radius 2 is 1.59 bits per heavy atom. The van der Waals surface area contributed by atoms with Gasteiger partial charge in [-0.3, -0.25) is 20.4 Å². The number of hydrogen-bond donors (Lipinski definition) is 1. The van der Waals surface area contributed by atoms with Crippen LogP contribution in [0.25, 0.3) is 0 Å². The first-order chi connectivity index (χ1) is 17.9. The number of carbonyl (C=O) groups excluding carboxylic acids is 1. The highest BCUT2D eigenvalue weighted by atomic mass is 16.5. The fraction of sp³-hybridized carbons (Fsp3) is 0.552. The van der Waals surface area contributed by atoms with Gasteiger partial charge < -0.3 is 14.2 Å². The molecule has 0 saturated carbocycles. The average molecular weight is 511 g/mol. The molecule has 8 nitrogen and oxygen atoms in total. The van der Waals surface area contributed by atoms with E-state index in [0.29, 0.717) is 29.6 Å². The van der Waals surface area contributed by atoms with Crippen LogP contribution in [-0.2, 0) is 17.8 Å². The lowest BCUT2D eigenvalue weighted by Gasteiger charge is -2.47. The van der Waals surface area contributed by atoms with Gasteiger partial charge in [0.25, 0.3) is 0 Å². The summed E-state index contributed by atoms with van der Waals surface area (Å²) in [6.07, 6.45) is 2.83. The number of ether oxygens (including phenoxy) is 3. The number of piperazine rings is 1. The van der Waals surface area contributed by atoms with Crippen LogP contribution in [0, 0.1) is 5.92 Å². The second kappa shape index (κ2) is 12.7. The van der Waals surface area contributed by atoms with Crippen LogP contribution < -0.4 is 20.1 Å². The van der Waals surface area contributed by atoms with E-state index >= 15 is 0 Å². The van der Waals surface area contributed by atoms with Gasteiger partial charge in [-0.15, -0.1) is 0 Å². The minimum Gasteiger partial charge on any atom is -0.493 e. The highest BCUT2D eigenvalue weighted by Crippen LogP contribution is 2.39. The van der Waals surface area contributed by atoms with Crippen LogP contribution in [0.3, 0.4) is 0 Å². The zero-order valence-electron chi connectivity index (χ0n) is 22.7. The van der Waals surface area contributed by atoms with E-state index in [2.05, 4.69) is 40.1 Å². The summed E-state index contributed by atoms with van der Waals surface area (Å²) in [6.45, 7) is 7.17. The zero-order valence-corrected chi connectivity index (χ0v) is 22.7. The van der Waals surface area contributed by atoms with Gasteiger partial charge in [0.05, 0.1) is 27.4 Å². The number of carbonyl (C=O) groups is 1. The van der Waals surface area contributed by atoms with E-state index in [0.717, 1.165) is 57.7 Å². The third kappa shape index (κ3) is 6.62. The predicted molar refractivity (Wildman–Crippen MR) is 145 cm³/mol. The van der Waals surface area contributed by atoms with Crippen LogP contribution in [-0.4, -0.2) is 86.7 Å². The Morgan fingerprint density at radius 3 is 2.16 bits per heavy atom. The number of Topliss-reactive ketones (excluding diaryl/α,β-unsaturated/α-hetero) is 1. The van der Waals surface area contributed by atoms with Gasteiger partial charge in [-0.1, -0.05) is 30.3 Å². The number of ketones is 1. The summed E-state index contributed by atoms with van der Waals surface area (Å²) in [5, 5.41) is 2.02. The first-order valence-electron chi connectivity index (χ1n) is 13.2. The Balaban J connectivity index is 1.42. The van der Waals surface area contributed by atoms with Gasteiger partial charge in [-0.05, 0) is 68.5 Å². The Bertz CT molecular complexity index is 1000. The second-order valence-corrected chi connectivity index (χ2v) is 10.3. The molecule has 2 aromatic rings. The molecule has 0 spiro atoms. The minimum atomic E-state index is -0.225. The summed E-state index contributed by atoms with van der Waals surface area (Å²) >= 11 is 0. The number of hydrazine groups is 1. The number of benzene rings is 2. The summed E-state index contributed by atoms with van der Waals surface area (Å²) in [4.78, 5) is 17.7. The lowest BCUT2D eigenvalue weighted by molar-refractivity contribution is -0.124. The molecule has 0 amide bonds. The van der Waals surface area contributed by atoms with Crippen molar-refractivity contribution < 1.29 is 19.0 Å². The van der Waals surface area contributed by atoms with Gasteiger partial charge in [0.2, 0.25) is 5.75 Å². The Kier molecular flexibility index (Phi) is 9.43. The fourth-order valence-electron chi connectivity index (χ4n) is 5.89. The van der Waals surface area contributed by atoms with Crippen molar-refractivity contribution in [3.63, 3.8) is 0 Å². The van der Waals surface area contributed by atoms with E-state index in [-0.39, 0.29) is 17.9 Å². The van der Waals surface area contributed by atoms with Gasteiger partial charge in [0, 0.05) is 32.2 Å². The largest absolute Gasteiger partial charge is 0.493 e. The smallest absolute Gasteiger partial charge is 0.203 e. The summed E-state index contributed by atoms with van der Waals surface area (Å²) in [6, 6.07) is 14.6. The maximum atomic E-state index is 12.9. The predicted octanol–water partition coefficient (Wildman–Crippen LogP) is 2.98. The maximum Gasteiger partial charge on any atom is 0.203 e. The standard InChI is InChI=1S/C29H42N4O4/c1-21(34)25(16-23-17-27(35-2)29(37-4)28(18-23)36-3)32-14-15-33(30)26(20-32)24-10-12-31(13-11-24)19-22-8-6-5-7-9-22/h5-9,17-18,24-26H,10-16,19-20,30H2,1-4H3. The van der Waals surface area contributed by atoms with Gasteiger partial charge in [0.15, 0.2) is 11.5 Å². The third-order valence-corrected chi connectivity index (χ3v) is 7.98. The van der Waals surface area contributed by atoms with Crippen molar-refractivity contribution in [1.29, 1.82) is 0 Å². The van der Waals surface area contributed by atoms with Crippen LogP contribution in [0.1, 0.15) is 30.9 Å². The van der Waals surface area contributed by atoms with Crippen molar-refractivity contribution in [3.05, 3.63) is 53.6 Å². The van der Waals surface area contributed by atoms with Crippen molar-refractivity contribution in [2.75, 3.05) is 54.1 Å². The first kappa shape index (κ1) is 27.4.